The highest BCUT2D eigenvalue weighted by Gasteiger charge is 2.34. The lowest BCUT2D eigenvalue weighted by Gasteiger charge is -2.36. The zero-order valence-corrected chi connectivity index (χ0v) is 17.4. The van der Waals surface area contributed by atoms with Crippen LogP contribution in [0.5, 0.6) is 0 Å². The van der Waals surface area contributed by atoms with Crippen LogP contribution < -0.4 is 10.6 Å². The fourth-order valence-corrected chi connectivity index (χ4v) is 3.42. The molecule has 1 rings (SSSR count). The van der Waals surface area contributed by atoms with Gasteiger partial charge in [-0.05, 0) is 49.6 Å². The van der Waals surface area contributed by atoms with E-state index in [1.54, 1.807) is 23.9 Å². The number of aliphatic hydroxyl groups is 1. The molecule has 1 aromatic rings. The van der Waals surface area contributed by atoms with Crippen LogP contribution in [-0.2, 0) is 0 Å². The molecule has 28 heavy (non-hydrogen) atoms. The van der Waals surface area contributed by atoms with Gasteiger partial charge in [-0.1, -0.05) is 18.2 Å². The molecule has 1 aromatic carbocycles. The summed E-state index contributed by atoms with van der Waals surface area (Å²) < 4.78 is 0. The van der Waals surface area contributed by atoms with Crippen LogP contribution in [0, 0.1) is 10.1 Å². The number of nitrogens with zero attached hydrogens (tertiary/aromatic N) is 1. The van der Waals surface area contributed by atoms with Crippen molar-refractivity contribution in [1.29, 1.82) is 0 Å². The quantitative estimate of drug-likeness (QED) is 0.217. The smallest absolute Gasteiger partial charge is 0.270 e. The Morgan fingerprint density at radius 2 is 2.07 bits per heavy atom. The fourth-order valence-electron chi connectivity index (χ4n) is 2.71. The summed E-state index contributed by atoms with van der Waals surface area (Å²) in [4.78, 5) is 22.7. The summed E-state index contributed by atoms with van der Waals surface area (Å²) in [5.41, 5.74) is -1.22. The second-order valence-corrected chi connectivity index (χ2v) is 7.55. The van der Waals surface area contributed by atoms with E-state index in [9.17, 15) is 20.0 Å². The third-order valence-electron chi connectivity index (χ3n) is 4.11. The number of carbonyl (C=O) groups excluding carboxylic acids is 1. The molecular formula is C19H25N3O4S2. The molecule has 1 atom stereocenters. The minimum atomic E-state index is -1.15. The first-order valence-electron chi connectivity index (χ1n) is 8.56. The van der Waals surface area contributed by atoms with E-state index >= 15 is 0 Å². The molecule has 9 heteroatoms. The number of rotatable bonds is 11. The maximum Gasteiger partial charge on any atom is 0.270 e. The molecule has 0 spiro atoms. The van der Waals surface area contributed by atoms with Gasteiger partial charge in [-0.3, -0.25) is 20.2 Å². The van der Waals surface area contributed by atoms with Crippen molar-refractivity contribution in [3.8, 4) is 0 Å². The van der Waals surface area contributed by atoms with E-state index < -0.39 is 22.5 Å². The minimum Gasteiger partial charge on any atom is -0.387 e. The molecule has 0 aliphatic heterocycles. The van der Waals surface area contributed by atoms with E-state index in [4.69, 9.17) is 12.2 Å². The van der Waals surface area contributed by atoms with Gasteiger partial charge in [0.25, 0.3) is 11.6 Å². The average molecular weight is 424 g/mol. The van der Waals surface area contributed by atoms with Crippen molar-refractivity contribution in [1.82, 2.24) is 10.6 Å². The minimum absolute atomic E-state index is 0.0363. The van der Waals surface area contributed by atoms with E-state index in [0.717, 1.165) is 5.75 Å². The van der Waals surface area contributed by atoms with E-state index in [0.29, 0.717) is 19.3 Å². The van der Waals surface area contributed by atoms with E-state index in [2.05, 4.69) is 23.8 Å². The Labute approximate surface area is 174 Å². The van der Waals surface area contributed by atoms with Crippen LogP contribution in [0.15, 0.2) is 49.6 Å². The number of benzene rings is 1. The second kappa shape index (κ2) is 11.6. The average Bonchev–Trinajstić information content (AvgIpc) is 2.65. The predicted octanol–water partition coefficient (Wildman–Crippen LogP) is 3.20. The first kappa shape index (κ1) is 23.8. The molecule has 0 heterocycles. The number of non-ortho nitro benzene ring substituents is 1. The number of nitrogens with one attached hydrogen (secondary N) is 2. The van der Waals surface area contributed by atoms with Crippen molar-refractivity contribution in [3.05, 3.63) is 65.3 Å². The third kappa shape index (κ3) is 7.06. The van der Waals surface area contributed by atoms with Gasteiger partial charge in [0.1, 0.15) is 0 Å². The molecule has 0 saturated heterocycles. The molecule has 0 aromatic heterocycles. The zero-order valence-electron chi connectivity index (χ0n) is 15.7. The van der Waals surface area contributed by atoms with Crippen molar-refractivity contribution in [2.24, 2.45) is 0 Å². The van der Waals surface area contributed by atoms with Crippen molar-refractivity contribution in [3.63, 3.8) is 0 Å². The zero-order chi connectivity index (χ0) is 21.2. The van der Waals surface area contributed by atoms with Gasteiger partial charge < -0.3 is 10.4 Å². The summed E-state index contributed by atoms with van der Waals surface area (Å²) >= 11 is 6.86. The molecule has 152 valence electrons. The maximum atomic E-state index is 12.4. The Morgan fingerprint density at radius 3 is 2.61 bits per heavy atom. The van der Waals surface area contributed by atoms with Crippen LogP contribution in [0.25, 0.3) is 0 Å². The van der Waals surface area contributed by atoms with Crippen molar-refractivity contribution < 1.29 is 14.8 Å². The molecule has 3 N–H and O–H groups in total. The number of thiocarbonyl (C=S) groups is 1. The Balaban J connectivity index is 2.91. The monoisotopic (exact) mass is 423 g/mol. The number of amides is 1. The summed E-state index contributed by atoms with van der Waals surface area (Å²) in [6, 6.07) is 4.93. The molecule has 1 amide bonds. The predicted molar refractivity (Wildman–Crippen MR) is 118 cm³/mol. The van der Waals surface area contributed by atoms with Crippen molar-refractivity contribution in [2.45, 2.75) is 30.9 Å². The van der Waals surface area contributed by atoms with E-state index in [-0.39, 0.29) is 16.4 Å². The lowest BCUT2D eigenvalue weighted by molar-refractivity contribution is -0.384. The maximum absolute atomic E-state index is 12.4. The number of hydrogen-bond donors (Lipinski definition) is 3. The molecule has 0 saturated carbocycles. The molecule has 7 nitrogen and oxygen atoms in total. The highest BCUT2D eigenvalue weighted by Crippen LogP contribution is 2.24. The van der Waals surface area contributed by atoms with Gasteiger partial charge in [-0.15, -0.1) is 13.2 Å². The van der Waals surface area contributed by atoms with Crippen LogP contribution >= 0.6 is 24.0 Å². The molecular weight excluding hydrogens is 398 g/mol. The molecule has 0 fully saturated rings. The summed E-state index contributed by atoms with van der Waals surface area (Å²) in [7, 11) is 0. The van der Waals surface area contributed by atoms with Gasteiger partial charge in [0.05, 0.1) is 16.6 Å². The number of carbonyl (C=O) groups is 1. The van der Waals surface area contributed by atoms with Crippen molar-refractivity contribution in [2.75, 3.05) is 12.0 Å². The first-order chi connectivity index (χ1) is 13.3. The highest BCUT2D eigenvalue weighted by atomic mass is 32.2. The van der Waals surface area contributed by atoms with Crippen LogP contribution in [0.2, 0.25) is 0 Å². The Hall–Kier alpha value is -2.23. The topological polar surface area (TPSA) is 104 Å². The second-order valence-electron chi connectivity index (χ2n) is 6.16. The van der Waals surface area contributed by atoms with Crippen LogP contribution in [-0.4, -0.2) is 44.7 Å². The summed E-state index contributed by atoms with van der Waals surface area (Å²) in [5.74, 6) is 0.205. The highest BCUT2D eigenvalue weighted by molar-refractivity contribution is 7.98. The number of nitro benzene ring substituents is 1. The Morgan fingerprint density at radius 1 is 1.43 bits per heavy atom. The van der Waals surface area contributed by atoms with Crippen LogP contribution in [0.4, 0.5) is 5.69 Å². The normalized spacial score (nSPS) is 11.9. The molecule has 0 bridgehead atoms. The Bertz CT molecular complexity index is 730. The van der Waals surface area contributed by atoms with Crippen molar-refractivity contribution >= 4 is 40.7 Å². The van der Waals surface area contributed by atoms with E-state index in [1.807, 2.05) is 6.26 Å². The fraction of sp³-hybridized carbons (Fsp3) is 0.368. The molecule has 0 aliphatic carbocycles. The van der Waals surface area contributed by atoms with Gasteiger partial charge in [-0.25, -0.2) is 0 Å². The molecule has 0 radical (unpaired) electrons. The first-order valence-corrected chi connectivity index (χ1v) is 10.4. The number of nitro groups is 1. The largest absolute Gasteiger partial charge is 0.387 e. The van der Waals surface area contributed by atoms with Gasteiger partial charge in [0.15, 0.2) is 5.11 Å². The third-order valence-corrected chi connectivity index (χ3v) is 4.97. The Kier molecular flexibility index (Phi) is 9.84. The van der Waals surface area contributed by atoms with Gasteiger partial charge in [-0.2, -0.15) is 11.8 Å². The molecule has 0 aliphatic rings. The summed E-state index contributed by atoms with van der Waals surface area (Å²) in [6.07, 6.45) is 6.47. The van der Waals surface area contributed by atoms with Gasteiger partial charge in [0, 0.05) is 17.7 Å². The lowest BCUT2D eigenvalue weighted by atomic mass is 9.85. The van der Waals surface area contributed by atoms with Gasteiger partial charge in [0.2, 0.25) is 0 Å². The lowest BCUT2D eigenvalue weighted by Crippen LogP contribution is -2.55. The summed E-state index contributed by atoms with van der Waals surface area (Å²) in [6.45, 7) is 7.39. The SMILES string of the molecule is C=CCC(O)(CC=C)[C@@H](CCSC)NC(=S)NC(=O)c1cccc([N+](=O)[O-])c1. The van der Waals surface area contributed by atoms with E-state index in [1.165, 1.54) is 24.3 Å². The molecule has 0 unspecified atom stereocenters. The van der Waals surface area contributed by atoms with Crippen LogP contribution in [0.3, 0.4) is 0 Å². The van der Waals surface area contributed by atoms with Crippen LogP contribution in [0.1, 0.15) is 29.6 Å². The number of hydrogen-bond acceptors (Lipinski definition) is 6. The standard InChI is InChI=1S/C19H25N3O4S2/c1-4-10-19(24,11-5-2)16(9-12-28-3)20-18(27)21-17(23)14-7-6-8-15(13-14)22(25)26/h4-8,13,16,24H,1-2,9-12H2,3H3,(H2,20,21,23,27)/t16-/m1/s1. The number of thioether (sulfide) groups is 1. The summed E-state index contributed by atoms with van der Waals surface area (Å²) in [5, 5.41) is 27.5. The van der Waals surface area contributed by atoms with Gasteiger partial charge >= 0.3 is 0 Å².